The minimum absolute atomic E-state index is 0.123. The first kappa shape index (κ1) is 24.0. The molecule has 37 heavy (non-hydrogen) atoms. The highest BCUT2D eigenvalue weighted by molar-refractivity contribution is 6.03. The number of amides is 2. The number of para-hydroxylation sites is 1. The number of nitrogens with one attached hydrogen (secondary N) is 2. The predicted molar refractivity (Wildman–Crippen MR) is 143 cm³/mol. The number of hydrogen-bond acceptors (Lipinski definition) is 4. The fraction of sp³-hybridized carbons (Fsp3) is 0.467. The molecule has 0 radical (unpaired) electrons. The first-order valence-corrected chi connectivity index (χ1v) is 13.7. The van der Waals surface area contributed by atoms with E-state index in [4.69, 9.17) is 9.84 Å². The molecule has 194 valence electrons. The fourth-order valence-electron chi connectivity index (χ4n) is 6.45. The van der Waals surface area contributed by atoms with Crippen molar-refractivity contribution < 1.29 is 19.4 Å². The van der Waals surface area contributed by atoms with Crippen molar-refractivity contribution in [3.63, 3.8) is 0 Å². The number of hydrogen-bond donors (Lipinski definition) is 3. The lowest BCUT2D eigenvalue weighted by Crippen LogP contribution is -2.63. The first-order chi connectivity index (χ1) is 18.1. The van der Waals surface area contributed by atoms with Crippen LogP contribution < -0.4 is 15.4 Å². The molecule has 0 saturated heterocycles. The standard InChI is InChI=1S/C30H35N3O4/c34-17-15-31-29(36)30(13-6-14-30)32-28(35)21-11-12-22-24(19-21)33-16-18-37-25-10-5-4-9-23(25)27(33)26(22)20-7-2-1-3-8-20/h4-5,9-12,19-20,34H,1-3,6-8,13-18H2,(H,31,36)(H,32,35). The molecule has 2 heterocycles. The zero-order valence-electron chi connectivity index (χ0n) is 21.2. The second-order valence-corrected chi connectivity index (χ2v) is 10.7. The van der Waals surface area contributed by atoms with E-state index in [0.717, 1.165) is 23.3 Å². The van der Waals surface area contributed by atoms with E-state index in [-0.39, 0.29) is 25.0 Å². The molecule has 2 fully saturated rings. The van der Waals surface area contributed by atoms with Crippen LogP contribution in [0.1, 0.15) is 73.2 Å². The Balaban J connectivity index is 1.42. The van der Waals surface area contributed by atoms with Crippen LogP contribution in [0.25, 0.3) is 22.2 Å². The van der Waals surface area contributed by atoms with E-state index in [0.29, 0.717) is 37.5 Å². The second kappa shape index (κ2) is 9.86. The number of aromatic nitrogens is 1. The molecule has 3 N–H and O–H groups in total. The Morgan fingerprint density at radius 2 is 1.86 bits per heavy atom. The van der Waals surface area contributed by atoms with Gasteiger partial charge in [-0.05, 0) is 67.9 Å². The van der Waals surface area contributed by atoms with E-state index < -0.39 is 5.54 Å². The lowest BCUT2D eigenvalue weighted by atomic mass is 9.75. The molecule has 2 saturated carbocycles. The lowest BCUT2D eigenvalue weighted by molar-refractivity contribution is -0.130. The molecule has 2 aliphatic carbocycles. The molecule has 7 nitrogen and oxygen atoms in total. The summed E-state index contributed by atoms with van der Waals surface area (Å²) in [5, 5.41) is 16.1. The third kappa shape index (κ3) is 4.19. The van der Waals surface area contributed by atoms with Crippen molar-refractivity contribution in [2.24, 2.45) is 0 Å². The highest BCUT2D eigenvalue weighted by Gasteiger charge is 2.45. The van der Waals surface area contributed by atoms with E-state index in [2.05, 4.69) is 33.4 Å². The summed E-state index contributed by atoms with van der Waals surface area (Å²) in [5.41, 5.74) is 4.46. The van der Waals surface area contributed by atoms with Gasteiger partial charge in [0.05, 0.1) is 18.8 Å². The van der Waals surface area contributed by atoms with Crippen LogP contribution in [-0.4, -0.2) is 46.8 Å². The molecule has 1 aromatic heterocycles. The van der Waals surface area contributed by atoms with Gasteiger partial charge in [0.1, 0.15) is 17.9 Å². The third-order valence-electron chi connectivity index (χ3n) is 8.49. The van der Waals surface area contributed by atoms with E-state index in [1.54, 1.807) is 0 Å². The summed E-state index contributed by atoms with van der Waals surface area (Å²) in [7, 11) is 0. The molecule has 7 heteroatoms. The molecule has 0 bridgehead atoms. The Morgan fingerprint density at radius 1 is 1.05 bits per heavy atom. The SMILES string of the molecule is O=C(NC1(C(=O)NCCO)CCC1)c1ccc2c(C3CCCCC3)c3n(c2c1)CCOc1ccccc1-3. The van der Waals surface area contributed by atoms with E-state index in [1.807, 2.05) is 24.3 Å². The average Bonchev–Trinajstić information content (AvgIpc) is 3.10. The molecular weight excluding hydrogens is 466 g/mol. The van der Waals surface area contributed by atoms with Crippen LogP contribution >= 0.6 is 0 Å². The van der Waals surface area contributed by atoms with Crippen molar-refractivity contribution in [2.75, 3.05) is 19.8 Å². The third-order valence-corrected chi connectivity index (χ3v) is 8.49. The predicted octanol–water partition coefficient (Wildman–Crippen LogP) is 4.51. The molecule has 0 spiro atoms. The normalized spacial score (nSPS) is 18.6. The number of nitrogens with zero attached hydrogens (tertiary/aromatic N) is 1. The Labute approximate surface area is 217 Å². The number of fused-ring (bicyclic) bond motifs is 5. The maximum atomic E-state index is 13.4. The van der Waals surface area contributed by atoms with Crippen LogP contribution in [0.5, 0.6) is 5.75 Å². The van der Waals surface area contributed by atoms with Crippen LogP contribution in [0, 0.1) is 0 Å². The van der Waals surface area contributed by atoms with Gasteiger partial charge < -0.3 is 25.0 Å². The number of ether oxygens (including phenoxy) is 1. The average molecular weight is 502 g/mol. The minimum Gasteiger partial charge on any atom is -0.491 e. The second-order valence-electron chi connectivity index (χ2n) is 10.7. The summed E-state index contributed by atoms with van der Waals surface area (Å²) in [6.07, 6.45) is 8.26. The molecule has 0 unspecified atom stereocenters. The van der Waals surface area contributed by atoms with Gasteiger partial charge in [-0.1, -0.05) is 37.5 Å². The van der Waals surface area contributed by atoms with Crippen LogP contribution in [-0.2, 0) is 11.3 Å². The summed E-state index contributed by atoms with van der Waals surface area (Å²) in [4.78, 5) is 26.2. The number of benzene rings is 2. The Morgan fingerprint density at radius 3 is 2.62 bits per heavy atom. The highest BCUT2D eigenvalue weighted by atomic mass is 16.5. The van der Waals surface area contributed by atoms with Crippen LogP contribution in [0.2, 0.25) is 0 Å². The number of carbonyl (C=O) groups excluding carboxylic acids is 2. The molecule has 1 aliphatic heterocycles. The van der Waals surface area contributed by atoms with Crippen LogP contribution in [0.15, 0.2) is 42.5 Å². The van der Waals surface area contributed by atoms with Gasteiger partial charge in [-0.2, -0.15) is 0 Å². The number of aliphatic hydroxyl groups is 1. The molecule has 6 rings (SSSR count). The zero-order chi connectivity index (χ0) is 25.4. The Hall–Kier alpha value is -3.32. The summed E-state index contributed by atoms with van der Waals surface area (Å²) >= 11 is 0. The van der Waals surface area contributed by atoms with Crippen molar-refractivity contribution in [2.45, 2.75) is 69.4 Å². The molecule has 2 amide bonds. The monoisotopic (exact) mass is 501 g/mol. The number of carbonyl (C=O) groups is 2. The molecule has 2 aromatic carbocycles. The fourth-order valence-corrected chi connectivity index (χ4v) is 6.45. The number of rotatable bonds is 6. The van der Waals surface area contributed by atoms with Gasteiger partial charge in [-0.25, -0.2) is 0 Å². The van der Waals surface area contributed by atoms with Crippen molar-refractivity contribution in [1.29, 1.82) is 0 Å². The van der Waals surface area contributed by atoms with Crippen molar-refractivity contribution >= 4 is 22.7 Å². The van der Waals surface area contributed by atoms with E-state index >= 15 is 0 Å². The molecule has 3 aromatic rings. The molecular formula is C30H35N3O4. The largest absolute Gasteiger partial charge is 0.491 e. The Kier molecular flexibility index (Phi) is 6.41. The van der Waals surface area contributed by atoms with Crippen LogP contribution in [0.3, 0.4) is 0 Å². The smallest absolute Gasteiger partial charge is 0.252 e. The number of aliphatic hydroxyl groups excluding tert-OH is 1. The topological polar surface area (TPSA) is 92.6 Å². The Bertz CT molecular complexity index is 1330. The first-order valence-electron chi connectivity index (χ1n) is 13.7. The van der Waals surface area contributed by atoms with E-state index in [9.17, 15) is 9.59 Å². The van der Waals surface area contributed by atoms with Crippen molar-refractivity contribution in [3.8, 4) is 17.0 Å². The van der Waals surface area contributed by atoms with Gasteiger partial charge in [0.25, 0.3) is 5.91 Å². The summed E-state index contributed by atoms with van der Waals surface area (Å²) in [6, 6.07) is 14.3. The van der Waals surface area contributed by atoms with Gasteiger partial charge >= 0.3 is 0 Å². The van der Waals surface area contributed by atoms with Gasteiger partial charge in [0.15, 0.2) is 0 Å². The maximum absolute atomic E-state index is 13.4. The maximum Gasteiger partial charge on any atom is 0.252 e. The quantitative estimate of drug-likeness (QED) is 0.463. The lowest BCUT2D eigenvalue weighted by Gasteiger charge is -2.40. The van der Waals surface area contributed by atoms with Crippen molar-refractivity contribution in [1.82, 2.24) is 15.2 Å². The summed E-state index contributed by atoms with van der Waals surface area (Å²) in [6.45, 7) is 1.35. The highest BCUT2D eigenvalue weighted by Crippen LogP contribution is 2.47. The zero-order valence-corrected chi connectivity index (χ0v) is 21.2. The van der Waals surface area contributed by atoms with Gasteiger partial charge in [0.2, 0.25) is 5.91 Å². The summed E-state index contributed by atoms with van der Waals surface area (Å²) in [5.74, 6) is 0.958. The summed E-state index contributed by atoms with van der Waals surface area (Å²) < 4.78 is 8.48. The van der Waals surface area contributed by atoms with E-state index in [1.165, 1.54) is 48.7 Å². The minimum atomic E-state index is -0.892. The van der Waals surface area contributed by atoms with Crippen molar-refractivity contribution in [3.05, 3.63) is 53.6 Å². The van der Waals surface area contributed by atoms with Gasteiger partial charge in [-0.3, -0.25) is 9.59 Å². The van der Waals surface area contributed by atoms with Gasteiger partial charge in [0, 0.05) is 28.6 Å². The molecule has 0 atom stereocenters. The molecule has 3 aliphatic rings. The van der Waals surface area contributed by atoms with Gasteiger partial charge in [-0.15, -0.1) is 0 Å². The van der Waals surface area contributed by atoms with Crippen LogP contribution in [0.4, 0.5) is 0 Å².